The number of hydrogen-bond donors (Lipinski definition) is 0. The van der Waals surface area contributed by atoms with Crippen LogP contribution in [0.2, 0.25) is 65.0 Å². The maximum atomic E-state index is 10.1. The van der Waals surface area contributed by atoms with Gasteiger partial charge in [-0.25, -0.2) is 0 Å². The van der Waals surface area contributed by atoms with Gasteiger partial charge >= 0.3 is 8.80 Å². The zero-order valence-electron chi connectivity index (χ0n) is 17.6. The van der Waals surface area contributed by atoms with Crippen LogP contribution in [0.1, 0.15) is 12.8 Å². The molecule has 0 aliphatic heterocycles. The van der Waals surface area contributed by atoms with Crippen LogP contribution in [0.4, 0.5) is 0 Å². The molecule has 0 aromatic heterocycles. The van der Waals surface area contributed by atoms with E-state index in [1.54, 1.807) is 0 Å². The molecule has 0 aliphatic rings. The normalized spacial score (nSPS) is 14.1. The Morgan fingerprint density at radius 1 is 0.720 bits per heavy atom. The standard InChI is InChI=1S/C16H38O5Si4/c1-22(2,3)19-25(20-23(4,5)6,21-24(7,8)9)15-13-11-10-12-14-18-16-17/h10,12,16H,11,13-15H2,1-9H3. The van der Waals surface area contributed by atoms with Gasteiger partial charge in [-0.3, -0.25) is 4.79 Å². The van der Waals surface area contributed by atoms with E-state index >= 15 is 0 Å². The molecule has 0 atom stereocenters. The Morgan fingerprint density at radius 2 is 1.16 bits per heavy atom. The third-order valence-electron chi connectivity index (χ3n) is 2.67. The van der Waals surface area contributed by atoms with Crippen molar-refractivity contribution in [3.8, 4) is 0 Å². The van der Waals surface area contributed by atoms with Gasteiger partial charge in [0.25, 0.3) is 6.47 Å². The second kappa shape index (κ2) is 10.3. The summed E-state index contributed by atoms with van der Waals surface area (Å²) in [5.74, 6) is 0. The molecule has 0 heterocycles. The minimum Gasteiger partial charge on any atom is -0.464 e. The van der Waals surface area contributed by atoms with Crippen LogP contribution in [0.25, 0.3) is 0 Å². The van der Waals surface area contributed by atoms with E-state index in [2.05, 4.69) is 63.7 Å². The van der Waals surface area contributed by atoms with Gasteiger partial charge in [-0.2, -0.15) is 0 Å². The lowest BCUT2D eigenvalue weighted by Gasteiger charge is -2.42. The first-order chi connectivity index (χ1) is 11.2. The molecule has 0 rings (SSSR count). The Bertz CT molecular complexity index is 381. The first-order valence-electron chi connectivity index (χ1n) is 8.99. The van der Waals surface area contributed by atoms with Crippen LogP contribution in [-0.2, 0) is 21.9 Å². The molecule has 0 radical (unpaired) electrons. The van der Waals surface area contributed by atoms with E-state index in [1.165, 1.54) is 0 Å². The van der Waals surface area contributed by atoms with Crippen molar-refractivity contribution < 1.29 is 21.9 Å². The number of hydrogen-bond acceptors (Lipinski definition) is 5. The molecule has 0 aromatic rings. The predicted molar refractivity (Wildman–Crippen MR) is 114 cm³/mol. The van der Waals surface area contributed by atoms with Crippen molar-refractivity contribution in [2.24, 2.45) is 0 Å². The van der Waals surface area contributed by atoms with Gasteiger partial charge in [0.2, 0.25) is 0 Å². The number of carbonyl (C=O) groups excluding carboxylic acids is 1. The van der Waals surface area contributed by atoms with E-state index in [0.717, 1.165) is 18.9 Å². The lowest BCUT2D eigenvalue weighted by Crippen LogP contribution is -2.60. The van der Waals surface area contributed by atoms with Crippen LogP contribution in [0, 0.1) is 0 Å². The number of carbonyl (C=O) groups is 1. The van der Waals surface area contributed by atoms with Gasteiger partial charge in [-0.05, 0) is 71.8 Å². The van der Waals surface area contributed by atoms with Crippen molar-refractivity contribution in [1.82, 2.24) is 0 Å². The first kappa shape index (κ1) is 25.0. The second-order valence-corrected chi connectivity index (χ2v) is 26.1. The van der Waals surface area contributed by atoms with Gasteiger partial charge in [0.15, 0.2) is 25.0 Å². The Kier molecular flexibility index (Phi) is 10.3. The SMILES string of the molecule is C[Si](C)(C)O[Si](CCCC=CCOC=O)(O[Si](C)(C)C)O[Si](C)(C)C. The van der Waals surface area contributed by atoms with E-state index < -0.39 is 33.8 Å². The second-order valence-electron chi connectivity index (χ2n) is 9.12. The van der Waals surface area contributed by atoms with Crippen molar-refractivity contribution in [2.45, 2.75) is 77.8 Å². The van der Waals surface area contributed by atoms with Gasteiger partial charge in [0.1, 0.15) is 6.61 Å². The average molecular weight is 423 g/mol. The highest BCUT2D eigenvalue weighted by Gasteiger charge is 2.49. The Balaban J connectivity index is 5.17. The van der Waals surface area contributed by atoms with Crippen LogP contribution >= 0.6 is 0 Å². The van der Waals surface area contributed by atoms with Crippen molar-refractivity contribution in [3.05, 3.63) is 12.2 Å². The summed E-state index contributed by atoms with van der Waals surface area (Å²) < 4.78 is 24.6. The van der Waals surface area contributed by atoms with E-state index in [1.807, 2.05) is 12.2 Å². The molecule has 0 saturated carbocycles. The van der Waals surface area contributed by atoms with E-state index in [-0.39, 0.29) is 0 Å². The molecule has 0 unspecified atom stereocenters. The number of rotatable bonds is 13. The van der Waals surface area contributed by atoms with Crippen LogP contribution in [0.5, 0.6) is 0 Å². The third-order valence-corrected chi connectivity index (χ3v) is 14.7. The zero-order chi connectivity index (χ0) is 19.8. The van der Waals surface area contributed by atoms with Crippen LogP contribution < -0.4 is 0 Å². The fraction of sp³-hybridized carbons (Fsp3) is 0.812. The lowest BCUT2D eigenvalue weighted by molar-refractivity contribution is -0.127. The van der Waals surface area contributed by atoms with Gasteiger partial charge in [0, 0.05) is 6.04 Å². The van der Waals surface area contributed by atoms with Crippen molar-refractivity contribution in [2.75, 3.05) is 6.61 Å². The molecule has 25 heavy (non-hydrogen) atoms. The highest BCUT2D eigenvalue weighted by atomic mass is 28.5. The van der Waals surface area contributed by atoms with Gasteiger partial charge in [-0.15, -0.1) is 0 Å². The fourth-order valence-corrected chi connectivity index (χ4v) is 17.0. The van der Waals surface area contributed by atoms with Crippen molar-refractivity contribution >= 4 is 40.2 Å². The Morgan fingerprint density at radius 3 is 1.52 bits per heavy atom. The topological polar surface area (TPSA) is 54.0 Å². The molecular weight excluding hydrogens is 385 g/mol. The molecule has 9 heteroatoms. The van der Waals surface area contributed by atoms with Gasteiger partial charge < -0.3 is 17.1 Å². The Hall–Kier alpha value is -0.0425. The van der Waals surface area contributed by atoms with Crippen LogP contribution in [0.3, 0.4) is 0 Å². The van der Waals surface area contributed by atoms with Gasteiger partial charge in [0.05, 0.1) is 0 Å². The molecular formula is C16H38O5Si4. The average Bonchev–Trinajstić information content (AvgIpc) is 2.31. The smallest absolute Gasteiger partial charge is 0.464 e. The molecule has 0 amide bonds. The first-order valence-corrected chi connectivity index (χ1v) is 21.1. The summed E-state index contributed by atoms with van der Waals surface area (Å²) in [5.41, 5.74) is 0. The number of allylic oxidation sites excluding steroid dienone is 1. The van der Waals surface area contributed by atoms with Crippen molar-refractivity contribution in [3.63, 3.8) is 0 Å². The third kappa shape index (κ3) is 14.8. The summed E-state index contributed by atoms with van der Waals surface area (Å²) in [7, 11) is -8.11. The highest BCUT2D eigenvalue weighted by molar-refractivity contribution is 6.90. The van der Waals surface area contributed by atoms with E-state index in [0.29, 0.717) is 13.1 Å². The molecule has 0 fully saturated rings. The van der Waals surface area contributed by atoms with Crippen LogP contribution in [0.15, 0.2) is 12.2 Å². The van der Waals surface area contributed by atoms with E-state index in [4.69, 9.17) is 12.3 Å². The Labute approximate surface area is 158 Å². The fourth-order valence-electron chi connectivity index (χ4n) is 2.33. The number of unbranched alkanes of at least 4 members (excludes halogenated alkanes) is 1. The predicted octanol–water partition coefficient (Wildman–Crippen LogP) is 4.99. The zero-order valence-corrected chi connectivity index (χ0v) is 21.6. The molecule has 0 spiro atoms. The lowest BCUT2D eigenvalue weighted by atomic mass is 10.3. The molecule has 0 aromatic carbocycles. The summed E-state index contributed by atoms with van der Waals surface area (Å²) >= 11 is 0. The summed E-state index contributed by atoms with van der Waals surface area (Å²) in [6.07, 6.45) is 5.76. The minimum atomic E-state index is -2.71. The van der Waals surface area contributed by atoms with E-state index in [9.17, 15) is 4.79 Å². The maximum Gasteiger partial charge on any atom is 0.469 e. The van der Waals surface area contributed by atoms with Crippen LogP contribution in [-0.4, -0.2) is 46.8 Å². The summed E-state index contributed by atoms with van der Waals surface area (Å²) in [6, 6.07) is 0.838. The molecule has 0 saturated heterocycles. The molecule has 5 nitrogen and oxygen atoms in total. The number of ether oxygens (including phenoxy) is 1. The summed E-state index contributed by atoms with van der Waals surface area (Å²) in [4.78, 5) is 10.1. The largest absolute Gasteiger partial charge is 0.469 e. The van der Waals surface area contributed by atoms with Gasteiger partial charge in [-0.1, -0.05) is 12.2 Å². The van der Waals surface area contributed by atoms with Crippen molar-refractivity contribution in [1.29, 1.82) is 0 Å². The quantitative estimate of drug-likeness (QED) is 0.181. The molecule has 0 bridgehead atoms. The molecule has 0 aliphatic carbocycles. The molecule has 0 N–H and O–H groups in total. The minimum absolute atomic E-state index is 0.328. The summed E-state index contributed by atoms with van der Waals surface area (Å²) in [6.45, 7) is 20.6. The summed E-state index contributed by atoms with van der Waals surface area (Å²) in [5, 5.41) is 0. The maximum absolute atomic E-state index is 10.1. The highest BCUT2D eigenvalue weighted by Crippen LogP contribution is 2.30. The monoisotopic (exact) mass is 422 g/mol. The molecule has 148 valence electrons.